The molecule has 3 heteroatoms. The Morgan fingerprint density at radius 3 is 2.16 bits per heavy atom. The maximum atomic E-state index is 6.01. The first-order chi connectivity index (χ1) is 8.66. The molecule has 0 fully saturated rings. The van der Waals surface area contributed by atoms with E-state index in [-0.39, 0.29) is 5.60 Å². The Hall–Kier alpha value is -1.22. The highest BCUT2D eigenvalue weighted by molar-refractivity contribution is 6.69. The van der Waals surface area contributed by atoms with E-state index in [0.717, 1.165) is 6.42 Å². The summed E-state index contributed by atoms with van der Waals surface area (Å²) in [5.74, 6) is 0.663. The van der Waals surface area contributed by atoms with Gasteiger partial charge in [-0.2, -0.15) is 0 Å². The molecule has 0 aliphatic heterocycles. The molecule has 0 aromatic heterocycles. The number of rotatable bonds is 5. The van der Waals surface area contributed by atoms with Crippen molar-refractivity contribution in [3.63, 3.8) is 0 Å². The van der Waals surface area contributed by atoms with Gasteiger partial charge in [0.1, 0.15) is 5.60 Å². The Kier molecular flexibility index (Phi) is 5.24. The zero-order chi connectivity index (χ0) is 14.5. The van der Waals surface area contributed by atoms with E-state index in [2.05, 4.69) is 31.8 Å². The van der Waals surface area contributed by atoms with Crippen LogP contribution in [0.25, 0.3) is 0 Å². The van der Waals surface area contributed by atoms with Crippen LogP contribution in [-0.2, 0) is 15.6 Å². The smallest absolute Gasteiger partial charge is 0.261 e. The Bertz CT molecular complexity index is 393. The molecule has 1 aromatic carbocycles. The Morgan fingerprint density at radius 1 is 1.11 bits per heavy atom. The van der Waals surface area contributed by atoms with E-state index < -0.39 is 8.32 Å². The van der Waals surface area contributed by atoms with Crippen molar-refractivity contribution in [2.45, 2.75) is 52.4 Å². The van der Waals surface area contributed by atoms with Crippen LogP contribution in [0.2, 0.25) is 19.6 Å². The predicted octanol–water partition coefficient (Wildman–Crippen LogP) is 4.74. The Balaban J connectivity index is 2.78. The monoisotopic (exact) mass is 278 g/mol. The highest BCUT2D eigenvalue weighted by Crippen LogP contribution is 2.19. The average molecular weight is 278 g/mol. The third-order valence-electron chi connectivity index (χ3n) is 2.16. The molecule has 0 unspecified atom stereocenters. The fraction of sp³-hybridized carbons (Fsp3) is 0.500. The molecule has 0 N–H and O–H groups in total. The van der Waals surface area contributed by atoms with E-state index in [1.807, 2.05) is 45.0 Å². The van der Waals surface area contributed by atoms with Crippen LogP contribution in [0.4, 0.5) is 0 Å². The number of hydrogen-bond acceptors (Lipinski definition) is 2. The summed E-state index contributed by atoms with van der Waals surface area (Å²) in [6.45, 7) is 12.6. The summed E-state index contributed by atoms with van der Waals surface area (Å²) in [6, 6.07) is 10.3. The first-order valence-corrected chi connectivity index (χ1v) is 10.2. The lowest BCUT2D eigenvalue weighted by Gasteiger charge is -2.28. The van der Waals surface area contributed by atoms with Crippen LogP contribution in [0.15, 0.2) is 42.4 Å². The van der Waals surface area contributed by atoms with Gasteiger partial charge in [-0.3, -0.25) is 0 Å². The number of hydrogen-bond donors (Lipinski definition) is 0. The minimum absolute atomic E-state index is 0.234. The minimum Gasteiger partial charge on any atom is -0.520 e. The van der Waals surface area contributed by atoms with E-state index in [1.54, 1.807) is 0 Å². The molecule has 0 saturated heterocycles. The van der Waals surface area contributed by atoms with Crippen molar-refractivity contribution in [3.8, 4) is 0 Å². The van der Waals surface area contributed by atoms with Gasteiger partial charge in [-0.1, -0.05) is 30.3 Å². The summed E-state index contributed by atoms with van der Waals surface area (Å²) in [4.78, 5) is 0. The van der Waals surface area contributed by atoms with E-state index >= 15 is 0 Å². The zero-order valence-electron chi connectivity index (χ0n) is 13.0. The van der Waals surface area contributed by atoms with E-state index in [0.29, 0.717) is 5.95 Å². The molecule has 19 heavy (non-hydrogen) atoms. The molecule has 0 bridgehead atoms. The van der Waals surface area contributed by atoms with Gasteiger partial charge in [0.05, 0.1) is 0 Å². The van der Waals surface area contributed by atoms with Crippen LogP contribution in [0.1, 0.15) is 26.3 Å². The molecule has 1 aromatic rings. The number of ether oxygens (including phenoxy) is 1. The second kappa shape index (κ2) is 6.28. The second-order valence-corrected chi connectivity index (χ2v) is 11.1. The third kappa shape index (κ3) is 7.72. The lowest BCUT2D eigenvalue weighted by Crippen LogP contribution is -2.29. The largest absolute Gasteiger partial charge is 0.520 e. The molecule has 106 valence electrons. The van der Waals surface area contributed by atoms with Gasteiger partial charge in [0.2, 0.25) is 8.32 Å². The molecule has 1 rings (SSSR count). The normalized spacial score (nSPS) is 13.3. The molecule has 0 aliphatic carbocycles. The van der Waals surface area contributed by atoms with Crippen LogP contribution in [0, 0.1) is 0 Å². The molecule has 0 aliphatic rings. The highest BCUT2D eigenvalue weighted by Gasteiger charge is 2.22. The van der Waals surface area contributed by atoms with Crippen molar-refractivity contribution in [1.82, 2.24) is 0 Å². The standard InChI is InChI=1S/C16H26O2Si/c1-16(2,3)17-15(18-19(4,5)6)13-12-14-10-8-7-9-11-14/h7-11,13H,12H2,1-6H3/b15-13+. The van der Waals surface area contributed by atoms with Gasteiger partial charge in [0.15, 0.2) is 0 Å². The van der Waals surface area contributed by atoms with Gasteiger partial charge in [0.25, 0.3) is 5.95 Å². The quantitative estimate of drug-likeness (QED) is 0.572. The van der Waals surface area contributed by atoms with Crippen molar-refractivity contribution >= 4 is 8.32 Å². The summed E-state index contributed by atoms with van der Waals surface area (Å²) in [7, 11) is -1.65. The van der Waals surface area contributed by atoms with Gasteiger partial charge in [-0.25, -0.2) is 0 Å². The Labute approximate surface area is 118 Å². The number of benzene rings is 1. The van der Waals surface area contributed by atoms with Gasteiger partial charge in [0, 0.05) is 0 Å². The maximum Gasteiger partial charge on any atom is 0.261 e. The van der Waals surface area contributed by atoms with Crippen molar-refractivity contribution in [2.75, 3.05) is 0 Å². The molecular weight excluding hydrogens is 252 g/mol. The van der Waals surface area contributed by atoms with Gasteiger partial charge >= 0.3 is 0 Å². The SMILES string of the molecule is CC(C)(C)O/C(=C\Cc1ccccc1)O[Si](C)(C)C. The van der Waals surface area contributed by atoms with Crippen LogP contribution in [0.3, 0.4) is 0 Å². The fourth-order valence-electron chi connectivity index (χ4n) is 1.52. The van der Waals surface area contributed by atoms with Gasteiger partial charge in [-0.05, 0) is 58.5 Å². The molecule has 0 atom stereocenters. The lowest BCUT2D eigenvalue weighted by atomic mass is 10.1. The summed E-state index contributed by atoms with van der Waals surface area (Å²) >= 11 is 0. The molecule has 0 amide bonds. The predicted molar refractivity (Wildman–Crippen MR) is 83.5 cm³/mol. The second-order valence-electron chi connectivity index (χ2n) is 6.64. The molecule has 2 nitrogen and oxygen atoms in total. The Morgan fingerprint density at radius 2 is 1.68 bits per heavy atom. The fourth-order valence-corrected chi connectivity index (χ4v) is 2.25. The van der Waals surface area contributed by atoms with E-state index in [4.69, 9.17) is 9.16 Å². The molecule has 0 radical (unpaired) electrons. The maximum absolute atomic E-state index is 6.01. The first-order valence-electron chi connectivity index (χ1n) is 6.78. The average Bonchev–Trinajstić information content (AvgIpc) is 2.23. The molecule has 0 spiro atoms. The first kappa shape index (κ1) is 15.8. The van der Waals surface area contributed by atoms with Crippen molar-refractivity contribution < 1.29 is 9.16 Å². The summed E-state index contributed by atoms with van der Waals surface area (Å²) in [5, 5.41) is 0. The topological polar surface area (TPSA) is 18.5 Å². The summed E-state index contributed by atoms with van der Waals surface area (Å²) in [6.07, 6.45) is 2.87. The van der Waals surface area contributed by atoms with Crippen molar-refractivity contribution in [3.05, 3.63) is 47.9 Å². The molecular formula is C16H26O2Si. The molecule has 0 heterocycles. The van der Waals surface area contributed by atoms with Crippen LogP contribution < -0.4 is 0 Å². The van der Waals surface area contributed by atoms with Gasteiger partial charge in [-0.15, -0.1) is 0 Å². The third-order valence-corrected chi connectivity index (χ3v) is 2.97. The summed E-state index contributed by atoms with van der Waals surface area (Å²) < 4.78 is 11.9. The zero-order valence-corrected chi connectivity index (χ0v) is 14.0. The molecule has 0 saturated carbocycles. The number of allylic oxidation sites excluding steroid dienone is 1. The lowest BCUT2D eigenvalue weighted by molar-refractivity contribution is -0.00890. The highest BCUT2D eigenvalue weighted by atomic mass is 28.4. The van der Waals surface area contributed by atoms with Crippen molar-refractivity contribution in [2.24, 2.45) is 0 Å². The van der Waals surface area contributed by atoms with Crippen molar-refractivity contribution in [1.29, 1.82) is 0 Å². The van der Waals surface area contributed by atoms with Crippen LogP contribution in [-0.4, -0.2) is 13.9 Å². The van der Waals surface area contributed by atoms with Gasteiger partial charge < -0.3 is 9.16 Å². The van der Waals surface area contributed by atoms with E-state index in [1.165, 1.54) is 5.56 Å². The van der Waals surface area contributed by atoms with Crippen LogP contribution in [0.5, 0.6) is 0 Å². The van der Waals surface area contributed by atoms with E-state index in [9.17, 15) is 0 Å². The summed E-state index contributed by atoms with van der Waals surface area (Å²) in [5.41, 5.74) is 1.03. The van der Waals surface area contributed by atoms with Crippen LogP contribution >= 0.6 is 0 Å². The minimum atomic E-state index is -1.65.